The van der Waals surface area contributed by atoms with Gasteiger partial charge in [-0.3, -0.25) is 9.69 Å². The topological polar surface area (TPSA) is 84.8 Å². The van der Waals surface area contributed by atoms with Crippen LogP contribution in [0.4, 0.5) is 0 Å². The molecule has 1 rings (SSSR count). The number of rotatable bonds is 14. The first-order valence-corrected chi connectivity index (χ1v) is 9.73. The molecule has 1 aliphatic heterocycles. The van der Waals surface area contributed by atoms with Gasteiger partial charge in [0, 0.05) is 39.3 Å². The van der Waals surface area contributed by atoms with Crippen LogP contribution in [0.1, 0.15) is 64.2 Å². The van der Waals surface area contributed by atoms with Crippen LogP contribution in [0.3, 0.4) is 0 Å². The zero-order valence-corrected chi connectivity index (χ0v) is 15.1. The quantitative estimate of drug-likeness (QED) is 0.356. The van der Waals surface area contributed by atoms with Gasteiger partial charge in [-0.15, -0.1) is 0 Å². The number of unbranched alkanes of at least 4 members (excludes halogenated alkanes) is 4. The first kappa shape index (κ1) is 21.4. The third-order valence-electron chi connectivity index (χ3n) is 4.58. The van der Waals surface area contributed by atoms with Crippen LogP contribution in [0.5, 0.6) is 0 Å². The van der Waals surface area contributed by atoms with Gasteiger partial charge < -0.3 is 20.8 Å². The Morgan fingerprint density at radius 2 is 1.79 bits per heavy atom. The summed E-state index contributed by atoms with van der Waals surface area (Å²) in [5.74, 6) is 0.130. The lowest BCUT2D eigenvalue weighted by atomic mass is 10.1. The molecule has 1 unspecified atom stereocenters. The Balaban J connectivity index is 2.09. The van der Waals surface area contributed by atoms with E-state index in [0.29, 0.717) is 19.2 Å². The number of hydrogen-bond donors (Lipinski definition) is 4. The smallest absolute Gasteiger partial charge is 0.219 e. The normalized spacial score (nSPS) is 18.7. The van der Waals surface area contributed by atoms with Gasteiger partial charge in [0.2, 0.25) is 5.91 Å². The van der Waals surface area contributed by atoms with Crippen molar-refractivity contribution in [2.24, 2.45) is 0 Å². The van der Waals surface area contributed by atoms with E-state index < -0.39 is 0 Å². The van der Waals surface area contributed by atoms with Crippen molar-refractivity contribution in [2.75, 3.05) is 39.4 Å². The van der Waals surface area contributed by atoms with Gasteiger partial charge in [-0.05, 0) is 45.1 Å². The summed E-state index contributed by atoms with van der Waals surface area (Å²) < 4.78 is 0. The molecule has 24 heavy (non-hydrogen) atoms. The molecule has 0 spiro atoms. The fourth-order valence-corrected chi connectivity index (χ4v) is 3.19. The minimum absolute atomic E-state index is 0.130. The van der Waals surface area contributed by atoms with E-state index in [-0.39, 0.29) is 12.5 Å². The maximum Gasteiger partial charge on any atom is 0.219 e. The van der Waals surface area contributed by atoms with Crippen molar-refractivity contribution in [3.8, 4) is 0 Å². The Bertz CT molecular complexity index is 316. The Hall–Kier alpha value is -0.690. The number of carbonyl (C=O) groups excluding carboxylic acids is 1. The highest BCUT2D eigenvalue weighted by Crippen LogP contribution is 2.12. The van der Waals surface area contributed by atoms with E-state index in [1.165, 1.54) is 6.42 Å². The van der Waals surface area contributed by atoms with E-state index in [1.54, 1.807) is 0 Å². The molecule has 6 heteroatoms. The molecule has 1 saturated heterocycles. The highest BCUT2D eigenvalue weighted by atomic mass is 16.3. The van der Waals surface area contributed by atoms with Gasteiger partial charge in [0.25, 0.3) is 0 Å². The zero-order valence-electron chi connectivity index (χ0n) is 15.1. The molecule has 142 valence electrons. The fourth-order valence-electron chi connectivity index (χ4n) is 3.19. The summed E-state index contributed by atoms with van der Waals surface area (Å²) in [6.07, 6.45) is 10.0. The van der Waals surface area contributed by atoms with Crippen molar-refractivity contribution in [1.82, 2.24) is 15.5 Å². The van der Waals surface area contributed by atoms with Crippen LogP contribution >= 0.6 is 0 Å². The molecule has 0 aromatic rings. The number of amides is 1. The summed E-state index contributed by atoms with van der Waals surface area (Å²) in [5.41, 5.74) is 0. The largest absolute Gasteiger partial charge is 0.396 e. The number of nitrogens with one attached hydrogen (secondary N) is 2. The number of carbonyl (C=O) groups is 1. The van der Waals surface area contributed by atoms with E-state index >= 15 is 0 Å². The highest BCUT2D eigenvalue weighted by molar-refractivity contribution is 5.75. The predicted molar refractivity (Wildman–Crippen MR) is 96.7 cm³/mol. The van der Waals surface area contributed by atoms with Crippen molar-refractivity contribution in [3.63, 3.8) is 0 Å². The van der Waals surface area contributed by atoms with Gasteiger partial charge in [-0.1, -0.05) is 19.3 Å². The predicted octanol–water partition coefficient (Wildman–Crippen LogP) is 1.22. The first-order chi connectivity index (χ1) is 11.8. The first-order valence-electron chi connectivity index (χ1n) is 9.73. The van der Waals surface area contributed by atoms with Crippen molar-refractivity contribution in [3.05, 3.63) is 0 Å². The minimum atomic E-state index is 0.130. The number of hydrogen-bond acceptors (Lipinski definition) is 5. The summed E-state index contributed by atoms with van der Waals surface area (Å²) in [5, 5.41) is 24.2. The Kier molecular flexibility index (Phi) is 13.0. The van der Waals surface area contributed by atoms with Gasteiger partial charge in [0.1, 0.15) is 0 Å². The second kappa shape index (κ2) is 14.6. The lowest BCUT2D eigenvalue weighted by molar-refractivity contribution is -0.121. The lowest BCUT2D eigenvalue weighted by Crippen LogP contribution is -2.51. The molecule has 0 aromatic heterocycles. The maximum absolute atomic E-state index is 11.7. The van der Waals surface area contributed by atoms with Gasteiger partial charge in [0.15, 0.2) is 0 Å². The Morgan fingerprint density at radius 3 is 2.54 bits per heavy atom. The average molecular weight is 344 g/mol. The van der Waals surface area contributed by atoms with E-state index in [2.05, 4.69) is 15.5 Å². The van der Waals surface area contributed by atoms with Crippen LogP contribution in [0.15, 0.2) is 0 Å². The zero-order chi connectivity index (χ0) is 17.5. The molecule has 0 saturated carbocycles. The Labute approximate surface area is 147 Å². The van der Waals surface area contributed by atoms with Crippen LogP contribution in [-0.4, -0.2) is 66.6 Å². The molecular weight excluding hydrogens is 306 g/mol. The van der Waals surface area contributed by atoms with Crippen molar-refractivity contribution in [2.45, 2.75) is 70.4 Å². The summed E-state index contributed by atoms with van der Waals surface area (Å²) >= 11 is 0. The molecule has 1 heterocycles. The van der Waals surface area contributed by atoms with Gasteiger partial charge in [-0.25, -0.2) is 0 Å². The molecule has 0 bridgehead atoms. The molecule has 0 aliphatic carbocycles. The SMILES string of the molecule is O=C(CCCCCO)NCCCN1CCCNC1CCCCCO. The summed E-state index contributed by atoms with van der Waals surface area (Å²) in [6, 6.07) is 0. The third-order valence-corrected chi connectivity index (χ3v) is 4.58. The number of aliphatic hydroxyl groups excluding tert-OH is 2. The minimum Gasteiger partial charge on any atom is -0.396 e. The summed E-state index contributed by atoms with van der Waals surface area (Å²) in [6.45, 7) is 4.49. The summed E-state index contributed by atoms with van der Waals surface area (Å²) in [4.78, 5) is 14.2. The van der Waals surface area contributed by atoms with E-state index in [0.717, 1.165) is 77.5 Å². The maximum atomic E-state index is 11.7. The van der Waals surface area contributed by atoms with Crippen LogP contribution < -0.4 is 10.6 Å². The van der Waals surface area contributed by atoms with Crippen LogP contribution in [-0.2, 0) is 4.79 Å². The highest BCUT2D eigenvalue weighted by Gasteiger charge is 2.20. The second-order valence-electron chi connectivity index (χ2n) is 6.67. The average Bonchev–Trinajstić information content (AvgIpc) is 2.60. The Morgan fingerprint density at radius 1 is 1.04 bits per heavy atom. The van der Waals surface area contributed by atoms with E-state index in [9.17, 15) is 4.79 Å². The molecular formula is C18H37N3O3. The van der Waals surface area contributed by atoms with Gasteiger partial charge >= 0.3 is 0 Å². The molecule has 1 aliphatic rings. The summed E-state index contributed by atoms with van der Waals surface area (Å²) in [7, 11) is 0. The second-order valence-corrected chi connectivity index (χ2v) is 6.67. The standard InChI is InChI=1S/C18H37N3O3/c22-15-5-1-3-9-17-19-11-7-13-21(17)14-8-12-20-18(24)10-4-2-6-16-23/h17,19,22-23H,1-16H2,(H,20,24). The molecule has 1 fully saturated rings. The molecule has 6 nitrogen and oxygen atoms in total. The lowest BCUT2D eigenvalue weighted by Gasteiger charge is -2.36. The number of nitrogens with zero attached hydrogens (tertiary/aromatic N) is 1. The molecule has 0 radical (unpaired) electrons. The molecule has 0 aromatic carbocycles. The fraction of sp³-hybridized carbons (Fsp3) is 0.944. The van der Waals surface area contributed by atoms with Gasteiger partial charge in [-0.2, -0.15) is 0 Å². The van der Waals surface area contributed by atoms with Gasteiger partial charge in [0.05, 0.1) is 6.17 Å². The third kappa shape index (κ3) is 10.2. The molecule has 1 amide bonds. The van der Waals surface area contributed by atoms with Crippen molar-refractivity contribution in [1.29, 1.82) is 0 Å². The van der Waals surface area contributed by atoms with Crippen molar-refractivity contribution >= 4 is 5.91 Å². The van der Waals surface area contributed by atoms with E-state index in [4.69, 9.17) is 10.2 Å². The van der Waals surface area contributed by atoms with Crippen LogP contribution in [0, 0.1) is 0 Å². The monoisotopic (exact) mass is 343 g/mol. The van der Waals surface area contributed by atoms with Crippen molar-refractivity contribution < 1.29 is 15.0 Å². The van der Waals surface area contributed by atoms with Crippen LogP contribution in [0.2, 0.25) is 0 Å². The van der Waals surface area contributed by atoms with Crippen LogP contribution in [0.25, 0.3) is 0 Å². The molecule has 4 N–H and O–H groups in total. The number of aliphatic hydroxyl groups is 2. The van der Waals surface area contributed by atoms with E-state index in [1.807, 2.05) is 0 Å². The molecule has 1 atom stereocenters.